The van der Waals surface area contributed by atoms with Gasteiger partial charge in [0.1, 0.15) is 0 Å². The summed E-state index contributed by atoms with van der Waals surface area (Å²) in [6.45, 7) is 2.05. The van der Waals surface area contributed by atoms with Crippen molar-refractivity contribution < 1.29 is 19.2 Å². The molecule has 4 rings (SSSR count). The number of carbonyl (C=O) groups is 2. The number of esters is 1. The number of rotatable bonds is 7. The lowest BCUT2D eigenvalue weighted by Gasteiger charge is -2.36. The van der Waals surface area contributed by atoms with E-state index in [1.807, 2.05) is 17.5 Å². The number of hydrogen-bond acceptors (Lipinski definition) is 9. The number of aromatic nitrogens is 1. The predicted octanol–water partition coefficient (Wildman–Crippen LogP) is 3.44. The third-order valence-corrected chi connectivity index (χ3v) is 6.27. The smallest absolute Gasteiger partial charge is 0.338 e. The van der Waals surface area contributed by atoms with Gasteiger partial charge in [0.25, 0.3) is 5.69 Å². The molecule has 2 aliphatic heterocycles. The Bertz CT molecular complexity index is 1240. The molecule has 1 atom stereocenters. The van der Waals surface area contributed by atoms with Gasteiger partial charge in [-0.3, -0.25) is 19.9 Å². The number of nitrogens with zero attached hydrogens (tertiary/aromatic N) is 4. The molecular weight excluding hydrogens is 458 g/mol. The Morgan fingerprint density at radius 3 is 2.74 bits per heavy atom. The van der Waals surface area contributed by atoms with Crippen LogP contribution in [0.3, 0.4) is 0 Å². The van der Waals surface area contributed by atoms with E-state index in [0.29, 0.717) is 28.7 Å². The fraction of sp³-hybridized carbons (Fsp3) is 0.217. The number of amidine groups is 1. The fourth-order valence-electron chi connectivity index (χ4n) is 3.79. The van der Waals surface area contributed by atoms with E-state index in [1.165, 1.54) is 31.0 Å². The quantitative estimate of drug-likeness (QED) is 0.363. The second-order valence-corrected chi connectivity index (χ2v) is 8.38. The second kappa shape index (κ2) is 9.87. The number of fused-ring (bicyclic) bond motifs is 1. The Balaban J connectivity index is 1.64. The van der Waals surface area contributed by atoms with Crippen LogP contribution in [0.15, 0.2) is 76.2 Å². The zero-order valence-corrected chi connectivity index (χ0v) is 19.2. The molecule has 10 nitrogen and oxygen atoms in total. The van der Waals surface area contributed by atoms with E-state index in [9.17, 15) is 19.7 Å². The van der Waals surface area contributed by atoms with Crippen LogP contribution in [-0.4, -0.2) is 39.0 Å². The van der Waals surface area contributed by atoms with Crippen molar-refractivity contribution in [2.45, 2.75) is 25.9 Å². The number of thioether (sulfide) groups is 1. The highest BCUT2D eigenvalue weighted by Crippen LogP contribution is 2.45. The van der Waals surface area contributed by atoms with Crippen LogP contribution in [0.5, 0.6) is 0 Å². The molecular formula is C23H21N5O5S. The summed E-state index contributed by atoms with van der Waals surface area (Å²) < 4.78 is 5.00. The number of nitro groups is 1. The summed E-state index contributed by atoms with van der Waals surface area (Å²) in [5.74, 6) is -0.802. The Kier molecular flexibility index (Phi) is 6.73. The van der Waals surface area contributed by atoms with E-state index in [2.05, 4.69) is 15.3 Å². The van der Waals surface area contributed by atoms with E-state index in [1.54, 1.807) is 36.4 Å². The average Bonchev–Trinajstić information content (AvgIpc) is 3.23. The molecule has 0 saturated carbocycles. The Morgan fingerprint density at radius 2 is 2.03 bits per heavy atom. The first-order valence-electron chi connectivity index (χ1n) is 10.3. The maximum atomic E-state index is 12.7. The SMILES string of the molecule is COC(=O)C1=C(C)N=C2SC=C(CC(=O)NCc3ccncc3)N2C1c1cccc([N+](=O)[O-])c1. The molecule has 3 heterocycles. The molecule has 0 aliphatic carbocycles. The number of hydrogen-bond donors (Lipinski definition) is 1. The first kappa shape index (κ1) is 23.2. The van der Waals surface area contributed by atoms with Gasteiger partial charge in [-0.25, -0.2) is 9.79 Å². The fourth-order valence-corrected chi connectivity index (χ4v) is 4.76. The molecule has 0 spiro atoms. The van der Waals surface area contributed by atoms with Crippen LogP contribution >= 0.6 is 11.8 Å². The number of amides is 1. The van der Waals surface area contributed by atoms with Crippen molar-refractivity contribution in [3.63, 3.8) is 0 Å². The summed E-state index contributed by atoms with van der Waals surface area (Å²) in [5.41, 5.74) is 2.68. The van der Waals surface area contributed by atoms with Crippen molar-refractivity contribution in [1.82, 2.24) is 15.2 Å². The lowest BCUT2D eigenvalue weighted by atomic mass is 9.93. The second-order valence-electron chi connectivity index (χ2n) is 7.55. The number of aliphatic imine (C=N–C) groups is 1. The van der Waals surface area contributed by atoms with E-state index >= 15 is 0 Å². The van der Waals surface area contributed by atoms with Gasteiger partial charge in [-0.05, 0) is 35.6 Å². The summed E-state index contributed by atoms with van der Waals surface area (Å²) in [6, 6.07) is 8.99. The maximum absolute atomic E-state index is 12.7. The molecule has 0 bridgehead atoms. The van der Waals surface area contributed by atoms with Gasteiger partial charge in [-0.2, -0.15) is 0 Å². The van der Waals surface area contributed by atoms with Gasteiger partial charge in [0.2, 0.25) is 5.91 Å². The summed E-state index contributed by atoms with van der Waals surface area (Å²) in [7, 11) is 1.27. The third-order valence-electron chi connectivity index (χ3n) is 5.38. The van der Waals surface area contributed by atoms with Gasteiger partial charge in [-0.15, -0.1) is 0 Å². The summed E-state index contributed by atoms with van der Waals surface area (Å²) in [4.78, 5) is 46.6. The summed E-state index contributed by atoms with van der Waals surface area (Å²) >= 11 is 1.33. The zero-order chi connectivity index (χ0) is 24.2. The zero-order valence-electron chi connectivity index (χ0n) is 18.4. The van der Waals surface area contributed by atoms with Crippen LogP contribution in [0, 0.1) is 10.1 Å². The lowest BCUT2D eigenvalue weighted by molar-refractivity contribution is -0.384. The van der Waals surface area contributed by atoms with Crippen LogP contribution in [-0.2, 0) is 20.9 Å². The number of nitro benzene ring substituents is 1. The first-order chi connectivity index (χ1) is 16.4. The van der Waals surface area contributed by atoms with Crippen molar-refractivity contribution in [2.75, 3.05) is 7.11 Å². The normalized spacial score (nSPS) is 17.0. The van der Waals surface area contributed by atoms with Gasteiger partial charge < -0.3 is 15.0 Å². The van der Waals surface area contributed by atoms with E-state index in [0.717, 1.165) is 5.56 Å². The molecule has 0 saturated heterocycles. The molecule has 34 heavy (non-hydrogen) atoms. The molecule has 1 N–H and O–H groups in total. The van der Waals surface area contributed by atoms with Crippen molar-refractivity contribution in [3.05, 3.63) is 92.4 Å². The number of benzene rings is 1. The van der Waals surface area contributed by atoms with Crippen molar-refractivity contribution in [2.24, 2.45) is 4.99 Å². The number of non-ortho nitro benzene ring substituents is 1. The Labute approximate surface area is 199 Å². The number of carbonyl (C=O) groups excluding carboxylic acids is 2. The van der Waals surface area contributed by atoms with Crippen LogP contribution < -0.4 is 5.32 Å². The average molecular weight is 480 g/mol. The topological polar surface area (TPSA) is 127 Å². The van der Waals surface area contributed by atoms with Crippen molar-refractivity contribution >= 4 is 34.5 Å². The highest BCUT2D eigenvalue weighted by atomic mass is 32.2. The number of methoxy groups -OCH3 is 1. The number of nitrogens with one attached hydrogen (secondary N) is 1. The molecule has 174 valence electrons. The van der Waals surface area contributed by atoms with E-state index in [-0.39, 0.29) is 23.6 Å². The van der Waals surface area contributed by atoms with E-state index in [4.69, 9.17) is 4.74 Å². The highest BCUT2D eigenvalue weighted by Gasteiger charge is 2.41. The Hall–Kier alpha value is -3.99. The number of ether oxygens (including phenoxy) is 1. The molecule has 2 aliphatic rings. The van der Waals surface area contributed by atoms with Crippen molar-refractivity contribution in [1.29, 1.82) is 0 Å². The van der Waals surface area contributed by atoms with Gasteiger partial charge in [-0.1, -0.05) is 23.9 Å². The van der Waals surface area contributed by atoms with Crippen LogP contribution in [0.1, 0.15) is 30.5 Å². The lowest BCUT2D eigenvalue weighted by Crippen LogP contribution is -2.37. The minimum Gasteiger partial charge on any atom is -0.466 e. The van der Waals surface area contributed by atoms with Crippen molar-refractivity contribution in [3.8, 4) is 0 Å². The van der Waals surface area contributed by atoms with Gasteiger partial charge >= 0.3 is 5.97 Å². The third kappa shape index (κ3) is 4.69. The highest BCUT2D eigenvalue weighted by molar-refractivity contribution is 8.16. The summed E-state index contributed by atoms with van der Waals surface area (Å²) in [5, 5.41) is 16.7. The monoisotopic (exact) mass is 479 g/mol. The molecule has 11 heteroatoms. The largest absolute Gasteiger partial charge is 0.466 e. The standard InChI is InChI=1S/C23H21N5O5S/c1-14-20(22(30)33-2)21(16-4-3-5-17(10-16)28(31)32)27-18(13-34-23(27)26-14)11-19(29)25-12-15-6-8-24-9-7-15/h3-10,13,21H,11-12H2,1-2H3,(H,25,29). The Morgan fingerprint density at radius 1 is 1.26 bits per heavy atom. The van der Waals surface area contributed by atoms with Gasteiger partial charge in [0.15, 0.2) is 5.17 Å². The van der Waals surface area contributed by atoms with E-state index < -0.39 is 16.9 Å². The van der Waals surface area contributed by atoms with Gasteiger partial charge in [0, 0.05) is 36.8 Å². The summed E-state index contributed by atoms with van der Waals surface area (Å²) in [6.07, 6.45) is 3.34. The van der Waals surface area contributed by atoms with Crippen LogP contribution in [0.2, 0.25) is 0 Å². The first-order valence-corrected chi connectivity index (χ1v) is 11.2. The molecule has 2 aromatic rings. The molecule has 0 radical (unpaired) electrons. The molecule has 1 aromatic heterocycles. The van der Waals surface area contributed by atoms with Gasteiger partial charge in [0.05, 0.1) is 35.8 Å². The minimum absolute atomic E-state index is 0.0377. The number of allylic oxidation sites excluding steroid dienone is 1. The molecule has 0 fully saturated rings. The predicted molar refractivity (Wildman–Crippen MR) is 126 cm³/mol. The number of pyridine rings is 1. The maximum Gasteiger partial charge on any atom is 0.338 e. The van der Waals surface area contributed by atoms with Crippen LogP contribution in [0.25, 0.3) is 0 Å². The van der Waals surface area contributed by atoms with Crippen LogP contribution in [0.4, 0.5) is 5.69 Å². The molecule has 1 amide bonds. The molecule has 1 aromatic carbocycles. The molecule has 1 unspecified atom stereocenters. The minimum atomic E-state index is -0.728.